The topological polar surface area (TPSA) is 67.4 Å². The van der Waals surface area contributed by atoms with Gasteiger partial charge in [-0.3, -0.25) is 9.59 Å². The van der Waals surface area contributed by atoms with Gasteiger partial charge in [-0.2, -0.15) is 0 Å². The summed E-state index contributed by atoms with van der Waals surface area (Å²) in [6.45, 7) is 6.58. The minimum Gasteiger partial charge on any atom is -0.481 e. The van der Waals surface area contributed by atoms with Crippen molar-refractivity contribution in [3.05, 3.63) is 59.2 Å². The number of carbonyl (C=O) groups excluding carboxylic acids is 2. The first-order valence-electron chi connectivity index (χ1n) is 10.9. The van der Waals surface area contributed by atoms with Crippen molar-refractivity contribution in [3.8, 4) is 5.75 Å². The van der Waals surface area contributed by atoms with E-state index in [1.165, 1.54) is 24.0 Å². The Labute approximate surface area is 179 Å². The number of hydrogen-bond donors (Lipinski definition) is 2. The predicted octanol–water partition coefficient (Wildman–Crippen LogP) is 4.75. The Morgan fingerprint density at radius 2 is 1.77 bits per heavy atom. The van der Waals surface area contributed by atoms with Crippen LogP contribution in [-0.4, -0.2) is 24.5 Å². The number of amides is 2. The Morgan fingerprint density at radius 1 is 1.03 bits per heavy atom. The highest BCUT2D eigenvalue weighted by atomic mass is 16.5. The van der Waals surface area contributed by atoms with Crippen molar-refractivity contribution in [1.29, 1.82) is 0 Å². The Hall–Kier alpha value is -2.82. The van der Waals surface area contributed by atoms with Gasteiger partial charge >= 0.3 is 0 Å². The van der Waals surface area contributed by atoms with E-state index in [0.717, 1.165) is 18.6 Å². The Bertz CT molecular complexity index is 892. The lowest BCUT2D eigenvalue weighted by Crippen LogP contribution is -2.34. The van der Waals surface area contributed by atoms with Crippen molar-refractivity contribution in [3.63, 3.8) is 0 Å². The summed E-state index contributed by atoms with van der Waals surface area (Å²) in [7, 11) is 0. The summed E-state index contributed by atoms with van der Waals surface area (Å²) >= 11 is 0. The zero-order valence-corrected chi connectivity index (χ0v) is 18.2. The first-order valence-corrected chi connectivity index (χ1v) is 10.9. The van der Waals surface area contributed by atoms with Crippen LogP contribution in [0.5, 0.6) is 5.75 Å². The molecule has 2 aromatic carbocycles. The molecule has 1 aliphatic carbocycles. The summed E-state index contributed by atoms with van der Waals surface area (Å²) < 4.78 is 6.03. The van der Waals surface area contributed by atoms with Gasteiger partial charge in [-0.05, 0) is 73.4 Å². The van der Waals surface area contributed by atoms with E-state index in [9.17, 15) is 9.59 Å². The van der Waals surface area contributed by atoms with E-state index in [0.29, 0.717) is 30.1 Å². The minimum absolute atomic E-state index is 0.191. The molecule has 0 saturated heterocycles. The van der Waals surface area contributed by atoms with E-state index in [-0.39, 0.29) is 11.8 Å². The van der Waals surface area contributed by atoms with Gasteiger partial charge in [0.05, 0.1) is 11.3 Å². The number of rotatable bonds is 8. The van der Waals surface area contributed by atoms with E-state index in [1.54, 1.807) is 24.3 Å². The van der Waals surface area contributed by atoms with Crippen LogP contribution in [0.1, 0.15) is 61.5 Å². The number of anilines is 1. The van der Waals surface area contributed by atoms with E-state index < -0.39 is 6.10 Å². The summed E-state index contributed by atoms with van der Waals surface area (Å²) in [5.74, 6) is 0.633. The van der Waals surface area contributed by atoms with E-state index >= 15 is 0 Å². The number of aryl methyl sites for hydroxylation is 2. The van der Waals surface area contributed by atoms with E-state index in [4.69, 9.17) is 4.74 Å². The zero-order valence-electron chi connectivity index (χ0n) is 18.2. The second-order valence-electron chi connectivity index (χ2n) is 8.29. The van der Waals surface area contributed by atoms with Crippen LogP contribution in [0, 0.1) is 5.92 Å². The zero-order chi connectivity index (χ0) is 21.5. The fraction of sp³-hybridized carbons (Fsp3) is 0.440. The van der Waals surface area contributed by atoms with Crippen LogP contribution in [0.3, 0.4) is 0 Å². The quantitative estimate of drug-likeness (QED) is 0.662. The van der Waals surface area contributed by atoms with Crippen molar-refractivity contribution >= 4 is 17.5 Å². The smallest absolute Gasteiger partial charge is 0.265 e. The molecular weight excluding hydrogens is 376 g/mol. The molecule has 5 heteroatoms. The van der Waals surface area contributed by atoms with Gasteiger partial charge < -0.3 is 15.4 Å². The monoisotopic (exact) mass is 408 g/mol. The second kappa shape index (κ2) is 10.3. The number of carbonyl (C=O) groups is 2. The molecule has 0 spiro atoms. The third kappa shape index (κ3) is 5.62. The van der Waals surface area contributed by atoms with Crippen molar-refractivity contribution in [2.75, 3.05) is 11.9 Å². The van der Waals surface area contributed by atoms with Crippen molar-refractivity contribution in [2.24, 2.45) is 5.92 Å². The normalized spacial score (nSPS) is 14.0. The molecule has 2 aromatic rings. The number of nitrogens with one attached hydrogen (secondary N) is 2. The van der Waals surface area contributed by atoms with Gasteiger partial charge in [-0.1, -0.05) is 39.0 Å². The van der Waals surface area contributed by atoms with Crippen LogP contribution >= 0.6 is 0 Å². The molecule has 0 aliphatic heterocycles. The lowest BCUT2D eigenvalue weighted by Gasteiger charge is -2.21. The van der Waals surface area contributed by atoms with Crippen molar-refractivity contribution in [1.82, 2.24) is 5.32 Å². The summed E-state index contributed by atoms with van der Waals surface area (Å²) in [6, 6.07) is 13.2. The molecule has 0 fully saturated rings. The number of para-hydroxylation sites is 1. The van der Waals surface area contributed by atoms with Gasteiger partial charge in [0.15, 0.2) is 6.10 Å². The Morgan fingerprint density at radius 3 is 2.50 bits per heavy atom. The summed E-state index contributed by atoms with van der Waals surface area (Å²) in [5, 5.41) is 5.79. The highest BCUT2D eigenvalue weighted by molar-refractivity contribution is 6.04. The molecule has 1 atom stereocenters. The second-order valence-corrected chi connectivity index (χ2v) is 8.29. The van der Waals surface area contributed by atoms with Gasteiger partial charge in [-0.15, -0.1) is 0 Å². The molecule has 0 radical (unpaired) electrons. The molecule has 0 heterocycles. The van der Waals surface area contributed by atoms with Crippen molar-refractivity contribution < 1.29 is 14.3 Å². The maximum Gasteiger partial charge on any atom is 0.265 e. The largest absolute Gasteiger partial charge is 0.481 e. The molecule has 5 nitrogen and oxygen atoms in total. The van der Waals surface area contributed by atoms with Crippen LogP contribution in [0.15, 0.2) is 42.5 Å². The average Bonchev–Trinajstić information content (AvgIpc) is 2.76. The maximum atomic E-state index is 12.9. The Kier molecular flexibility index (Phi) is 7.50. The molecule has 0 aromatic heterocycles. The summed E-state index contributed by atoms with van der Waals surface area (Å²) in [5.41, 5.74) is 3.65. The highest BCUT2D eigenvalue weighted by Gasteiger charge is 2.22. The SMILES string of the molecule is CC[C@@H](Oc1ccc2c(c1)CCCC2)C(=O)Nc1ccccc1C(=O)NCC(C)C. The van der Waals surface area contributed by atoms with E-state index in [2.05, 4.69) is 22.8 Å². The lowest BCUT2D eigenvalue weighted by atomic mass is 9.92. The average molecular weight is 409 g/mol. The third-order valence-corrected chi connectivity index (χ3v) is 5.36. The molecule has 2 amide bonds. The molecule has 0 bridgehead atoms. The van der Waals surface area contributed by atoms with Gasteiger partial charge in [0.2, 0.25) is 0 Å². The van der Waals surface area contributed by atoms with Crippen LogP contribution in [0.25, 0.3) is 0 Å². The van der Waals surface area contributed by atoms with Gasteiger partial charge in [-0.25, -0.2) is 0 Å². The number of benzene rings is 2. The molecular formula is C25H32N2O3. The van der Waals surface area contributed by atoms with E-state index in [1.807, 2.05) is 26.8 Å². The van der Waals surface area contributed by atoms with Gasteiger partial charge in [0.25, 0.3) is 11.8 Å². The van der Waals surface area contributed by atoms with Crippen LogP contribution in [-0.2, 0) is 17.6 Å². The predicted molar refractivity (Wildman–Crippen MR) is 120 cm³/mol. The molecule has 0 unspecified atom stereocenters. The number of ether oxygens (including phenoxy) is 1. The molecule has 0 saturated carbocycles. The van der Waals surface area contributed by atoms with Crippen molar-refractivity contribution in [2.45, 2.75) is 59.0 Å². The fourth-order valence-corrected chi connectivity index (χ4v) is 3.67. The molecule has 1 aliphatic rings. The Balaban J connectivity index is 1.69. The first kappa shape index (κ1) is 21.9. The third-order valence-electron chi connectivity index (χ3n) is 5.36. The highest BCUT2D eigenvalue weighted by Crippen LogP contribution is 2.26. The van der Waals surface area contributed by atoms with Crippen LogP contribution in [0.4, 0.5) is 5.69 Å². The molecule has 3 rings (SSSR count). The maximum absolute atomic E-state index is 12.9. The number of fused-ring (bicyclic) bond motifs is 1. The molecule has 160 valence electrons. The number of hydrogen-bond acceptors (Lipinski definition) is 3. The minimum atomic E-state index is -0.626. The van der Waals surface area contributed by atoms with Gasteiger partial charge in [0.1, 0.15) is 5.75 Å². The molecule has 2 N–H and O–H groups in total. The summed E-state index contributed by atoms with van der Waals surface area (Å²) in [4.78, 5) is 25.4. The van der Waals surface area contributed by atoms with Gasteiger partial charge in [0, 0.05) is 6.54 Å². The lowest BCUT2D eigenvalue weighted by molar-refractivity contribution is -0.122. The van der Waals surface area contributed by atoms with Crippen LogP contribution in [0.2, 0.25) is 0 Å². The summed E-state index contributed by atoms with van der Waals surface area (Å²) in [6.07, 6.45) is 4.52. The van der Waals surface area contributed by atoms with Crippen LogP contribution < -0.4 is 15.4 Å². The standard InChI is InChI=1S/C25H32N2O3/c1-4-23(30-20-14-13-18-9-5-6-10-19(18)15-20)25(29)27-22-12-8-7-11-21(22)24(28)26-16-17(2)3/h7-8,11-15,17,23H,4-6,9-10,16H2,1-3H3,(H,26,28)(H,27,29)/t23-/m1/s1. The fourth-order valence-electron chi connectivity index (χ4n) is 3.67. The molecule has 30 heavy (non-hydrogen) atoms. The first-order chi connectivity index (χ1) is 14.5.